The van der Waals surface area contributed by atoms with Crippen LogP contribution in [0.3, 0.4) is 0 Å². The zero-order chi connectivity index (χ0) is 19.5. The van der Waals surface area contributed by atoms with Crippen molar-refractivity contribution >= 4 is 40.5 Å². The highest BCUT2D eigenvalue weighted by Gasteiger charge is 2.12. The van der Waals surface area contributed by atoms with Gasteiger partial charge >= 0.3 is 0 Å². The van der Waals surface area contributed by atoms with E-state index in [1.165, 1.54) is 23.9 Å². The molecule has 4 rings (SSSR count). The molecule has 0 saturated carbocycles. The molecular weight excluding hydrogens is 399 g/mol. The Balaban J connectivity index is 1.50. The third-order valence-electron chi connectivity index (χ3n) is 3.94. The second-order valence-electron chi connectivity index (χ2n) is 5.95. The lowest BCUT2D eigenvalue weighted by Crippen LogP contribution is -2.14. The minimum Gasteiger partial charge on any atom is -0.325 e. The van der Waals surface area contributed by atoms with Crippen molar-refractivity contribution in [2.24, 2.45) is 0 Å². The molecule has 0 saturated heterocycles. The fourth-order valence-electron chi connectivity index (χ4n) is 2.67. The molecule has 1 amide bonds. The molecule has 0 spiro atoms. The summed E-state index contributed by atoms with van der Waals surface area (Å²) < 4.78 is 14.9. The Labute approximate surface area is 169 Å². The van der Waals surface area contributed by atoms with E-state index in [1.54, 1.807) is 29.0 Å². The van der Waals surface area contributed by atoms with Gasteiger partial charge in [0, 0.05) is 28.7 Å². The van der Waals surface area contributed by atoms with Gasteiger partial charge in [0.2, 0.25) is 5.91 Å². The second kappa shape index (κ2) is 8.00. The Bertz CT molecular complexity index is 1150. The van der Waals surface area contributed by atoms with E-state index in [2.05, 4.69) is 15.4 Å². The van der Waals surface area contributed by atoms with Gasteiger partial charge in [0.1, 0.15) is 10.8 Å². The molecule has 2 heterocycles. The van der Waals surface area contributed by atoms with Crippen LogP contribution in [0.2, 0.25) is 5.02 Å². The maximum atomic E-state index is 13.2. The molecule has 4 aromatic rings. The zero-order valence-corrected chi connectivity index (χ0v) is 16.0. The van der Waals surface area contributed by atoms with Gasteiger partial charge in [0.15, 0.2) is 0 Å². The molecule has 0 aliphatic heterocycles. The number of carbonyl (C=O) groups is 1. The Morgan fingerprint density at radius 1 is 1.18 bits per heavy atom. The van der Waals surface area contributed by atoms with Gasteiger partial charge in [-0.2, -0.15) is 5.10 Å². The fraction of sp³-hybridized carbons (Fsp3) is 0.0500. The number of nitrogens with one attached hydrogen (secondary N) is 1. The van der Waals surface area contributed by atoms with Gasteiger partial charge in [0.25, 0.3) is 0 Å². The third-order valence-corrected chi connectivity index (χ3v) is 5.19. The number of amides is 1. The number of thioether (sulfide) groups is 1. The largest absolute Gasteiger partial charge is 0.325 e. The number of anilines is 1. The first-order chi connectivity index (χ1) is 13.6. The molecule has 8 heteroatoms. The molecule has 0 aliphatic rings. The highest BCUT2D eigenvalue weighted by molar-refractivity contribution is 8.00. The molecule has 1 N–H and O–H groups in total. The minimum absolute atomic E-state index is 0.143. The summed E-state index contributed by atoms with van der Waals surface area (Å²) in [6.45, 7) is 0. The summed E-state index contributed by atoms with van der Waals surface area (Å²) in [5.41, 5.74) is 2.95. The lowest BCUT2D eigenvalue weighted by Gasteiger charge is -2.05. The Morgan fingerprint density at radius 2 is 2.00 bits per heavy atom. The molecule has 5 nitrogen and oxygen atoms in total. The summed E-state index contributed by atoms with van der Waals surface area (Å²) in [6.07, 6.45) is 3.39. The predicted molar refractivity (Wildman–Crippen MR) is 109 cm³/mol. The van der Waals surface area contributed by atoms with Gasteiger partial charge < -0.3 is 5.32 Å². The molecule has 0 radical (unpaired) electrons. The lowest BCUT2D eigenvalue weighted by molar-refractivity contribution is -0.113. The molecule has 0 bridgehead atoms. The van der Waals surface area contributed by atoms with Crippen LogP contribution in [-0.4, -0.2) is 26.3 Å². The number of benzene rings is 2. The number of rotatable bonds is 5. The smallest absolute Gasteiger partial charge is 0.234 e. The van der Waals surface area contributed by atoms with Crippen molar-refractivity contribution in [1.82, 2.24) is 14.6 Å². The van der Waals surface area contributed by atoms with Crippen molar-refractivity contribution in [1.29, 1.82) is 0 Å². The van der Waals surface area contributed by atoms with Crippen LogP contribution in [0.25, 0.3) is 16.8 Å². The van der Waals surface area contributed by atoms with Crippen LogP contribution < -0.4 is 5.32 Å². The molecule has 140 valence electrons. The number of fused-ring (bicyclic) bond motifs is 1. The maximum Gasteiger partial charge on any atom is 0.234 e. The first-order valence-electron chi connectivity index (χ1n) is 8.37. The van der Waals surface area contributed by atoms with Crippen molar-refractivity contribution < 1.29 is 9.18 Å². The van der Waals surface area contributed by atoms with Gasteiger partial charge in [0.05, 0.1) is 17.0 Å². The molecule has 0 atom stereocenters. The van der Waals surface area contributed by atoms with Crippen LogP contribution in [0.15, 0.2) is 72.0 Å². The number of halogens is 2. The average Bonchev–Trinajstić information content (AvgIpc) is 3.12. The van der Waals surface area contributed by atoms with Crippen LogP contribution in [0.4, 0.5) is 10.1 Å². The van der Waals surface area contributed by atoms with E-state index in [0.29, 0.717) is 15.7 Å². The highest BCUT2D eigenvalue weighted by Crippen LogP contribution is 2.26. The number of nitrogens with zero attached hydrogens (tertiary/aromatic N) is 3. The zero-order valence-electron chi connectivity index (χ0n) is 14.5. The van der Waals surface area contributed by atoms with Crippen molar-refractivity contribution in [3.05, 3.63) is 77.8 Å². The second-order valence-corrected chi connectivity index (χ2v) is 7.35. The first kappa shape index (κ1) is 18.5. The third kappa shape index (κ3) is 4.16. The van der Waals surface area contributed by atoms with Gasteiger partial charge in [-0.15, -0.1) is 0 Å². The summed E-state index contributed by atoms with van der Waals surface area (Å²) in [6, 6.07) is 15.1. The lowest BCUT2D eigenvalue weighted by atomic mass is 10.1. The summed E-state index contributed by atoms with van der Waals surface area (Å²) in [4.78, 5) is 16.5. The van der Waals surface area contributed by atoms with E-state index >= 15 is 0 Å². The number of carbonyl (C=O) groups excluding carboxylic acids is 1. The van der Waals surface area contributed by atoms with Crippen LogP contribution in [0.5, 0.6) is 0 Å². The maximum absolute atomic E-state index is 13.2. The van der Waals surface area contributed by atoms with E-state index in [4.69, 9.17) is 11.6 Å². The predicted octanol–water partition coefficient (Wildman–Crippen LogP) is 4.92. The molecule has 2 aromatic heterocycles. The quantitative estimate of drug-likeness (QED) is 0.473. The van der Waals surface area contributed by atoms with Crippen molar-refractivity contribution in [3.8, 4) is 11.3 Å². The van der Waals surface area contributed by atoms with Gasteiger partial charge in [-0.25, -0.2) is 13.9 Å². The molecule has 0 fully saturated rings. The Hall–Kier alpha value is -2.90. The molecule has 0 unspecified atom stereocenters. The van der Waals surface area contributed by atoms with Crippen LogP contribution >= 0.6 is 23.4 Å². The van der Waals surface area contributed by atoms with E-state index in [-0.39, 0.29) is 11.7 Å². The number of hydrogen-bond acceptors (Lipinski definition) is 4. The van der Waals surface area contributed by atoms with E-state index in [9.17, 15) is 9.18 Å². The monoisotopic (exact) mass is 412 g/mol. The normalized spacial score (nSPS) is 10.9. The van der Waals surface area contributed by atoms with E-state index in [0.717, 1.165) is 16.8 Å². The highest BCUT2D eigenvalue weighted by atomic mass is 35.5. The number of hydrogen-bond donors (Lipinski definition) is 1. The van der Waals surface area contributed by atoms with Crippen molar-refractivity contribution in [3.63, 3.8) is 0 Å². The topological polar surface area (TPSA) is 59.3 Å². The van der Waals surface area contributed by atoms with Crippen LogP contribution in [0, 0.1) is 5.82 Å². The summed E-state index contributed by atoms with van der Waals surface area (Å²) in [5, 5.41) is 8.58. The summed E-state index contributed by atoms with van der Waals surface area (Å²) in [5.74, 6) is -0.493. The van der Waals surface area contributed by atoms with E-state index in [1.807, 2.05) is 30.3 Å². The summed E-state index contributed by atoms with van der Waals surface area (Å²) >= 11 is 7.24. The molecule has 2 aromatic carbocycles. The SMILES string of the molecule is O=C(CSc1nccn2nc(-c3ccc(Cl)cc3)cc12)Nc1cccc(F)c1. The standard InChI is InChI=1S/C20H14ClFN4OS/c21-14-6-4-13(5-7-14)17-11-18-20(23-8-9-26(18)25-17)28-12-19(27)24-16-3-1-2-15(22)10-16/h1-11H,12H2,(H,24,27). The minimum atomic E-state index is -0.397. The first-order valence-corrected chi connectivity index (χ1v) is 9.73. The Morgan fingerprint density at radius 3 is 2.79 bits per heavy atom. The van der Waals surface area contributed by atoms with Gasteiger partial charge in [-0.05, 0) is 36.4 Å². The van der Waals surface area contributed by atoms with Crippen LogP contribution in [0.1, 0.15) is 0 Å². The van der Waals surface area contributed by atoms with Crippen molar-refractivity contribution in [2.45, 2.75) is 5.03 Å². The van der Waals surface area contributed by atoms with Gasteiger partial charge in [-0.1, -0.05) is 41.6 Å². The summed E-state index contributed by atoms with van der Waals surface area (Å²) in [7, 11) is 0. The molecule has 28 heavy (non-hydrogen) atoms. The van der Waals surface area contributed by atoms with Crippen molar-refractivity contribution in [2.75, 3.05) is 11.1 Å². The van der Waals surface area contributed by atoms with Crippen LogP contribution in [-0.2, 0) is 4.79 Å². The molecule has 0 aliphatic carbocycles. The average molecular weight is 413 g/mol. The van der Waals surface area contributed by atoms with E-state index < -0.39 is 5.82 Å². The van der Waals surface area contributed by atoms with Gasteiger partial charge in [-0.3, -0.25) is 4.79 Å². The Kier molecular flexibility index (Phi) is 5.27. The number of aromatic nitrogens is 3. The molecular formula is C20H14ClFN4OS. The fourth-order valence-corrected chi connectivity index (χ4v) is 3.57.